The minimum atomic E-state index is -0.334. The molecule has 2 N–H and O–H groups in total. The Kier molecular flexibility index (Phi) is 5.84. The molecule has 0 radical (unpaired) electrons. The van der Waals surface area contributed by atoms with E-state index in [1.165, 1.54) is 25.4 Å². The van der Waals surface area contributed by atoms with Crippen molar-refractivity contribution in [2.24, 2.45) is 0 Å². The van der Waals surface area contributed by atoms with Gasteiger partial charge in [0.15, 0.2) is 18.1 Å². The SMILES string of the molecule is COc1ccccc1OCC(=O)Nc1ccc(Nc2cccc(F)c2)nc1. The predicted molar refractivity (Wildman–Crippen MR) is 101 cm³/mol. The van der Waals surface area contributed by atoms with E-state index in [-0.39, 0.29) is 18.3 Å². The molecule has 0 fully saturated rings. The number of pyridine rings is 1. The molecule has 6 nitrogen and oxygen atoms in total. The van der Waals surface area contributed by atoms with Crippen LogP contribution in [-0.2, 0) is 4.79 Å². The standard InChI is InChI=1S/C20H18FN3O3/c1-26-17-7-2-3-8-18(17)27-13-20(25)24-16-9-10-19(22-12-16)23-15-6-4-5-14(21)11-15/h2-12H,13H2,1H3,(H,22,23)(H,24,25). The molecule has 0 spiro atoms. The monoisotopic (exact) mass is 367 g/mol. The Morgan fingerprint density at radius 3 is 2.56 bits per heavy atom. The van der Waals surface area contributed by atoms with Crippen LogP contribution >= 0.6 is 0 Å². The third kappa shape index (κ3) is 5.18. The molecule has 0 aliphatic rings. The minimum absolute atomic E-state index is 0.163. The molecule has 7 heteroatoms. The number of carbonyl (C=O) groups excluding carboxylic acids is 1. The Balaban J connectivity index is 1.54. The van der Waals surface area contributed by atoms with Crippen LogP contribution in [-0.4, -0.2) is 24.6 Å². The fourth-order valence-corrected chi connectivity index (χ4v) is 2.33. The van der Waals surface area contributed by atoms with Crippen molar-refractivity contribution < 1.29 is 18.7 Å². The molecule has 0 aliphatic carbocycles. The first-order valence-electron chi connectivity index (χ1n) is 8.18. The van der Waals surface area contributed by atoms with Gasteiger partial charge in [-0.15, -0.1) is 0 Å². The first-order chi connectivity index (χ1) is 13.1. The van der Waals surface area contributed by atoms with Crippen molar-refractivity contribution in [1.82, 2.24) is 4.98 Å². The zero-order valence-electron chi connectivity index (χ0n) is 14.6. The highest BCUT2D eigenvalue weighted by Crippen LogP contribution is 2.25. The number of anilines is 3. The maximum absolute atomic E-state index is 13.2. The Labute approximate surface area is 156 Å². The highest BCUT2D eigenvalue weighted by Gasteiger charge is 2.08. The zero-order valence-corrected chi connectivity index (χ0v) is 14.6. The number of benzene rings is 2. The van der Waals surface area contributed by atoms with E-state index in [4.69, 9.17) is 9.47 Å². The van der Waals surface area contributed by atoms with Gasteiger partial charge in [0.2, 0.25) is 0 Å². The molecule has 0 bridgehead atoms. The number of ether oxygens (including phenoxy) is 2. The molecule has 0 atom stereocenters. The molecule has 1 aromatic heterocycles. The van der Waals surface area contributed by atoms with Gasteiger partial charge in [0.1, 0.15) is 11.6 Å². The van der Waals surface area contributed by atoms with Crippen molar-refractivity contribution in [3.63, 3.8) is 0 Å². The lowest BCUT2D eigenvalue weighted by atomic mass is 10.3. The molecular formula is C20H18FN3O3. The van der Waals surface area contributed by atoms with Crippen LogP contribution < -0.4 is 20.1 Å². The predicted octanol–water partition coefficient (Wildman–Crippen LogP) is 3.99. The smallest absolute Gasteiger partial charge is 0.262 e. The van der Waals surface area contributed by atoms with Crippen LogP contribution in [0.25, 0.3) is 0 Å². The van der Waals surface area contributed by atoms with Gasteiger partial charge >= 0.3 is 0 Å². The quantitative estimate of drug-likeness (QED) is 0.661. The van der Waals surface area contributed by atoms with Gasteiger partial charge in [-0.2, -0.15) is 0 Å². The maximum atomic E-state index is 13.2. The van der Waals surface area contributed by atoms with Crippen LogP contribution in [0, 0.1) is 5.82 Å². The fraction of sp³-hybridized carbons (Fsp3) is 0.100. The normalized spacial score (nSPS) is 10.1. The summed E-state index contributed by atoms with van der Waals surface area (Å²) in [5, 5.41) is 5.68. The summed E-state index contributed by atoms with van der Waals surface area (Å²) in [6.45, 7) is -0.163. The summed E-state index contributed by atoms with van der Waals surface area (Å²) in [6, 6.07) is 16.5. The Hall–Kier alpha value is -3.61. The van der Waals surface area contributed by atoms with Gasteiger partial charge in [-0.05, 0) is 42.5 Å². The molecule has 27 heavy (non-hydrogen) atoms. The van der Waals surface area contributed by atoms with Crippen molar-refractivity contribution >= 4 is 23.1 Å². The molecule has 0 saturated heterocycles. The lowest BCUT2D eigenvalue weighted by Crippen LogP contribution is -2.20. The number of para-hydroxylation sites is 2. The molecule has 3 rings (SSSR count). The first-order valence-corrected chi connectivity index (χ1v) is 8.18. The number of hydrogen-bond donors (Lipinski definition) is 2. The summed E-state index contributed by atoms with van der Waals surface area (Å²) in [7, 11) is 1.54. The largest absolute Gasteiger partial charge is 0.493 e. The van der Waals surface area contributed by atoms with Gasteiger partial charge in [0.25, 0.3) is 5.91 Å². The molecule has 0 saturated carbocycles. The fourth-order valence-electron chi connectivity index (χ4n) is 2.33. The number of nitrogens with zero attached hydrogens (tertiary/aromatic N) is 1. The molecule has 138 valence electrons. The number of amides is 1. The van der Waals surface area contributed by atoms with Crippen molar-refractivity contribution in [1.29, 1.82) is 0 Å². The van der Waals surface area contributed by atoms with Crippen LogP contribution in [0.5, 0.6) is 11.5 Å². The average Bonchev–Trinajstić information content (AvgIpc) is 2.68. The number of halogens is 1. The highest BCUT2D eigenvalue weighted by atomic mass is 19.1. The highest BCUT2D eigenvalue weighted by molar-refractivity contribution is 5.91. The van der Waals surface area contributed by atoms with Gasteiger partial charge in [0.05, 0.1) is 19.0 Å². The topological polar surface area (TPSA) is 72.5 Å². The van der Waals surface area contributed by atoms with E-state index in [9.17, 15) is 9.18 Å². The van der Waals surface area contributed by atoms with Crippen LogP contribution in [0.2, 0.25) is 0 Å². The molecule has 2 aromatic carbocycles. The Morgan fingerprint density at radius 1 is 1.04 bits per heavy atom. The third-order valence-corrected chi connectivity index (χ3v) is 3.57. The average molecular weight is 367 g/mol. The van der Waals surface area contributed by atoms with Crippen LogP contribution in [0.1, 0.15) is 0 Å². The van der Waals surface area contributed by atoms with Crippen LogP contribution in [0.15, 0.2) is 66.9 Å². The Bertz CT molecular complexity index is 916. The summed E-state index contributed by atoms with van der Waals surface area (Å²) >= 11 is 0. The summed E-state index contributed by atoms with van der Waals surface area (Å²) in [6.07, 6.45) is 1.50. The van der Waals surface area contributed by atoms with Crippen molar-refractivity contribution in [2.75, 3.05) is 24.4 Å². The van der Waals surface area contributed by atoms with Crippen molar-refractivity contribution in [3.05, 3.63) is 72.7 Å². The third-order valence-electron chi connectivity index (χ3n) is 3.57. The van der Waals surface area contributed by atoms with Gasteiger partial charge < -0.3 is 20.1 Å². The van der Waals surface area contributed by atoms with E-state index in [1.807, 2.05) is 6.07 Å². The number of rotatable bonds is 7. The lowest BCUT2D eigenvalue weighted by molar-refractivity contribution is -0.118. The van der Waals surface area contributed by atoms with Crippen molar-refractivity contribution in [3.8, 4) is 11.5 Å². The minimum Gasteiger partial charge on any atom is -0.493 e. The van der Waals surface area contributed by atoms with E-state index >= 15 is 0 Å². The molecule has 0 aliphatic heterocycles. The number of carbonyl (C=O) groups is 1. The van der Waals surface area contributed by atoms with Crippen molar-refractivity contribution in [2.45, 2.75) is 0 Å². The van der Waals surface area contributed by atoms with E-state index in [0.717, 1.165) is 0 Å². The number of aromatic nitrogens is 1. The summed E-state index contributed by atoms with van der Waals surface area (Å²) in [4.78, 5) is 16.2. The number of hydrogen-bond acceptors (Lipinski definition) is 5. The number of methoxy groups -OCH3 is 1. The van der Waals surface area contributed by atoms with Gasteiger partial charge in [-0.1, -0.05) is 18.2 Å². The zero-order chi connectivity index (χ0) is 19.1. The molecule has 0 unspecified atom stereocenters. The molecule has 3 aromatic rings. The van der Waals surface area contributed by atoms with Gasteiger partial charge in [-0.25, -0.2) is 9.37 Å². The van der Waals surface area contributed by atoms with E-state index in [0.29, 0.717) is 28.7 Å². The van der Waals surface area contributed by atoms with E-state index in [1.54, 1.807) is 42.5 Å². The van der Waals surface area contributed by atoms with E-state index in [2.05, 4.69) is 15.6 Å². The maximum Gasteiger partial charge on any atom is 0.262 e. The Morgan fingerprint density at radius 2 is 1.85 bits per heavy atom. The van der Waals surface area contributed by atoms with Crippen LogP contribution in [0.4, 0.5) is 21.6 Å². The van der Waals surface area contributed by atoms with Gasteiger partial charge in [-0.3, -0.25) is 4.79 Å². The first kappa shape index (κ1) is 18.2. The summed E-state index contributed by atoms with van der Waals surface area (Å²) in [5.41, 5.74) is 1.11. The molecular weight excluding hydrogens is 349 g/mol. The molecule has 1 heterocycles. The number of nitrogens with one attached hydrogen (secondary N) is 2. The second-order valence-electron chi connectivity index (χ2n) is 5.56. The lowest BCUT2D eigenvalue weighted by Gasteiger charge is -2.11. The second kappa shape index (κ2) is 8.66. The summed E-state index contributed by atoms with van der Waals surface area (Å²) < 4.78 is 23.8. The van der Waals surface area contributed by atoms with Crippen LogP contribution in [0.3, 0.4) is 0 Å². The second-order valence-corrected chi connectivity index (χ2v) is 5.56. The molecule has 1 amide bonds. The van der Waals surface area contributed by atoms with Gasteiger partial charge in [0, 0.05) is 5.69 Å². The summed E-state index contributed by atoms with van der Waals surface area (Å²) in [5.74, 6) is 0.916. The van der Waals surface area contributed by atoms with E-state index < -0.39 is 0 Å².